The molecule has 3 aromatic rings. The molecule has 0 spiro atoms. The predicted octanol–water partition coefficient (Wildman–Crippen LogP) is 5.10. The lowest BCUT2D eigenvalue weighted by molar-refractivity contribution is -0.138. The summed E-state index contributed by atoms with van der Waals surface area (Å²) in [6.45, 7) is 10.6. The summed E-state index contributed by atoms with van der Waals surface area (Å²) < 4.78 is 47.6. The van der Waals surface area contributed by atoms with Crippen LogP contribution in [0.15, 0.2) is 54.6 Å². The van der Waals surface area contributed by atoms with Gasteiger partial charge in [-0.3, -0.25) is 39.2 Å². The van der Waals surface area contributed by atoms with Gasteiger partial charge in [-0.2, -0.15) is 23.7 Å². The number of rotatable bonds is 12. The Morgan fingerprint density at radius 1 is 1.02 bits per heavy atom. The number of nitriles is 2. The first kappa shape index (κ1) is 43.8. The van der Waals surface area contributed by atoms with Gasteiger partial charge in [-0.25, -0.2) is 0 Å². The van der Waals surface area contributed by atoms with E-state index in [1.54, 1.807) is 49.1 Å². The van der Waals surface area contributed by atoms with Crippen LogP contribution in [-0.4, -0.2) is 95.9 Å². The van der Waals surface area contributed by atoms with Crippen LogP contribution < -0.4 is 30.5 Å². The number of carbonyl (C=O) groups is 4. The molecule has 316 valence electrons. The minimum Gasteiger partial charge on any atom is -0.492 e. The third-order valence-electron chi connectivity index (χ3n) is 11.0. The maximum atomic E-state index is 13.8. The Hall–Kier alpha value is -5.82. The molecule has 3 aromatic carbocycles. The monoisotopic (exact) mass is 845 g/mol. The van der Waals surface area contributed by atoms with E-state index in [4.69, 9.17) is 17.4 Å². The van der Waals surface area contributed by atoms with Crippen LogP contribution in [0, 0.1) is 22.7 Å². The van der Waals surface area contributed by atoms with Crippen molar-refractivity contribution in [2.24, 2.45) is 0 Å². The van der Waals surface area contributed by atoms with Crippen molar-refractivity contribution < 1.29 is 37.1 Å². The fourth-order valence-electron chi connectivity index (χ4n) is 7.82. The fraction of sp³-hybridized carbons (Fsp3) is 0.429. The molecule has 14 nitrogen and oxygen atoms in total. The second-order valence-electron chi connectivity index (χ2n) is 15.5. The summed E-state index contributed by atoms with van der Waals surface area (Å²) in [5, 5.41) is 27.0. The first-order chi connectivity index (χ1) is 28.4. The molecular formula is C42H46F3N9O5S. The average molecular weight is 846 g/mol. The Morgan fingerprint density at radius 3 is 2.42 bits per heavy atom. The molecule has 0 bridgehead atoms. The van der Waals surface area contributed by atoms with Gasteiger partial charge in [0.05, 0.1) is 35.4 Å². The predicted molar refractivity (Wildman–Crippen MR) is 221 cm³/mol. The number of hydrogen-bond donors (Lipinski definition) is 4. The van der Waals surface area contributed by atoms with Crippen LogP contribution in [0.25, 0.3) is 0 Å². The molecule has 3 aliphatic heterocycles. The van der Waals surface area contributed by atoms with E-state index in [0.29, 0.717) is 74.0 Å². The third-order valence-corrected chi connectivity index (χ3v) is 11.5. The van der Waals surface area contributed by atoms with Gasteiger partial charge in [-0.1, -0.05) is 6.92 Å². The second-order valence-corrected chi connectivity index (χ2v) is 16.0. The normalized spacial score (nSPS) is 21.0. The highest BCUT2D eigenvalue weighted by Gasteiger charge is 2.52. The number of amides is 4. The maximum Gasteiger partial charge on any atom is 0.417 e. The quantitative estimate of drug-likeness (QED) is 0.141. The topological polar surface area (TPSA) is 174 Å². The zero-order valence-corrected chi connectivity index (χ0v) is 34.5. The van der Waals surface area contributed by atoms with Crippen molar-refractivity contribution in [3.05, 3.63) is 76.9 Å². The van der Waals surface area contributed by atoms with Gasteiger partial charge in [0.1, 0.15) is 23.9 Å². The standard InChI is InChI=1S/C42H46F3N9O5S/c1-5-27-18-32(54-40(60)53(39(58)41(54,3)4)31-7-6-28(22-47)33(20-31)42(43,44)45)8-10-35(27)59-15-14-51-12-13-52(25(2)23-51)24-37(56)49-30-17-26(21-46)16-29(19-30)48-34-9-11-36(55)50-38(34)57/h6-8,10,16-20,25,34,40,48,60H,5,9,11-15,23-24H2,1-4H3,(H,49,56)(H,50,55,57)/t25-,34?,40+/m1/s1. The van der Waals surface area contributed by atoms with E-state index in [1.807, 2.05) is 26.0 Å². The smallest absolute Gasteiger partial charge is 0.417 e. The Morgan fingerprint density at radius 2 is 1.75 bits per heavy atom. The van der Waals surface area contributed by atoms with Crippen LogP contribution in [0.3, 0.4) is 0 Å². The van der Waals surface area contributed by atoms with E-state index in [1.165, 1.54) is 11.0 Å². The van der Waals surface area contributed by atoms with Crippen LogP contribution in [0.4, 0.5) is 35.9 Å². The van der Waals surface area contributed by atoms with Gasteiger partial charge in [0.2, 0.25) is 17.7 Å². The van der Waals surface area contributed by atoms with E-state index in [9.17, 15) is 42.9 Å². The molecule has 0 radical (unpaired) electrons. The van der Waals surface area contributed by atoms with Crippen LogP contribution in [0.1, 0.15) is 62.8 Å². The molecule has 0 saturated carbocycles. The summed E-state index contributed by atoms with van der Waals surface area (Å²) in [5.74, 6) is -0.809. The Kier molecular flexibility index (Phi) is 13.0. The van der Waals surface area contributed by atoms with Crippen LogP contribution in [0.2, 0.25) is 0 Å². The number of hydrogen-bond acceptors (Lipinski definition) is 12. The van der Waals surface area contributed by atoms with Gasteiger partial charge in [0.25, 0.3) is 5.91 Å². The van der Waals surface area contributed by atoms with E-state index in [0.717, 1.165) is 17.7 Å². The lowest BCUT2D eigenvalue weighted by Gasteiger charge is -2.39. The molecule has 3 heterocycles. The van der Waals surface area contributed by atoms with Crippen molar-refractivity contribution in [2.45, 2.75) is 76.3 Å². The van der Waals surface area contributed by atoms with Gasteiger partial charge >= 0.3 is 6.18 Å². The molecule has 18 heteroatoms. The summed E-state index contributed by atoms with van der Waals surface area (Å²) in [4.78, 5) is 57.9. The van der Waals surface area contributed by atoms with E-state index in [-0.39, 0.29) is 36.5 Å². The number of anilines is 4. The van der Waals surface area contributed by atoms with Crippen LogP contribution in [0.5, 0.6) is 5.75 Å². The molecule has 3 aliphatic rings. The van der Waals surface area contributed by atoms with Gasteiger partial charge < -0.3 is 20.3 Å². The van der Waals surface area contributed by atoms with Gasteiger partial charge in [-0.15, -0.1) is 12.6 Å². The SMILES string of the molecule is CCc1cc(N2[C@@H](S)N(c3ccc(C#N)c(C(F)(F)F)c3)C(=O)C2(C)C)ccc1OCCN1CCN(CC(=O)Nc2cc(C#N)cc(NC3CCC(=O)NC3=O)c2)[C@H](C)C1. The first-order valence-electron chi connectivity index (χ1n) is 19.5. The number of piperidine rings is 1. The lowest BCUT2D eigenvalue weighted by Crippen LogP contribution is -2.54. The minimum absolute atomic E-state index is 0.0186. The second kappa shape index (κ2) is 17.8. The van der Waals surface area contributed by atoms with E-state index < -0.39 is 46.2 Å². The maximum absolute atomic E-state index is 13.8. The fourth-order valence-corrected chi connectivity index (χ4v) is 8.48. The highest BCUT2D eigenvalue weighted by molar-refractivity contribution is 7.81. The molecule has 3 atom stereocenters. The van der Waals surface area contributed by atoms with Crippen molar-refractivity contribution in [1.82, 2.24) is 15.1 Å². The molecular weight excluding hydrogens is 800 g/mol. The first-order valence-corrected chi connectivity index (χ1v) is 20.0. The summed E-state index contributed by atoms with van der Waals surface area (Å²) >= 11 is 4.72. The highest BCUT2D eigenvalue weighted by Crippen LogP contribution is 2.43. The number of thiol groups is 1. The molecule has 3 N–H and O–H groups in total. The number of ether oxygens (including phenoxy) is 1. The van der Waals surface area contributed by atoms with Gasteiger partial charge in [-0.05, 0) is 93.8 Å². The summed E-state index contributed by atoms with van der Waals surface area (Å²) in [7, 11) is 0. The molecule has 4 amide bonds. The number of nitrogens with one attached hydrogen (secondary N) is 3. The number of piperazine rings is 1. The number of nitrogens with zero attached hydrogens (tertiary/aromatic N) is 6. The zero-order valence-electron chi connectivity index (χ0n) is 33.6. The number of carbonyl (C=O) groups excluding carboxylic acids is 4. The Labute approximate surface area is 351 Å². The lowest BCUT2D eigenvalue weighted by atomic mass is 10.0. The number of alkyl halides is 3. The van der Waals surface area contributed by atoms with Crippen molar-refractivity contribution in [1.29, 1.82) is 10.5 Å². The van der Waals surface area contributed by atoms with Crippen LogP contribution >= 0.6 is 12.6 Å². The van der Waals surface area contributed by atoms with Crippen molar-refractivity contribution in [2.75, 3.05) is 59.8 Å². The Balaban J connectivity index is 1.02. The number of aryl methyl sites for hydroxylation is 1. The Bertz CT molecular complexity index is 2260. The van der Waals surface area contributed by atoms with E-state index >= 15 is 0 Å². The van der Waals surface area contributed by atoms with E-state index in [2.05, 4.69) is 31.8 Å². The molecule has 0 aliphatic carbocycles. The summed E-state index contributed by atoms with van der Waals surface area (Å²) in [6.07, 6.45) is -3.67. The van der Waals surface area contributed by atoms with Crippen molar-refractivity contribution in [3.63, 3.8) is 0 Å². The summed E-state index contributed by atoms with van der Waals surface area (Å²) in [5.41, 5.74) is -1.10. The number of benzene rings is 3. The zero-order chi connectivity index (χ0) is 43.5. The number of halogens is 3. The van der Waals surface area contributed by atoms with Gasteiger partial charge in [0.15, 0.2) is 5.50 Å². The number of imide groups is 1. The molecule has 3 saturated heterocycles. The molecule has 0 aromatic heterocycles. The minimum atomic E-state index is -4.79. The molecule has 1 unspecified atom stereocenters. The van der Waals surface area contributed by atoms with Gasteiger partial charge in [0, 0.05) is 61.4 Å². The molecule has 60 heavy (non-hydrogen) atoms. The van der Waals surface area contributed by atoms with Crippen molar-refractivity contribution >= 4 is 59.0 Å². The van der Waals surface area contributed by atoms with Crippen molar-refractivity contribution in [3.8, 4) is 17.9 Å². The molecule has 6 rings (SSSR count). The largest absolute Gasteiger partial charge is 0.492 e. The average Bonchev–Trinajstić information content (AvgIpc) is 3.37. The molecule has 3 fully saturated rings. The summed E-state index contributed by atoms with van der Waals surface area (Å²) in [6, 6.07) is 16.6. The van der Waals surface area contributed by atoms with Crippen LogP contribution in [-0.2, 0) is 31.8 Å². The third kappa shape index (κ3) is 9.46. The highest BCUT2D eigenvalue weighted by atomic mass is 32.1.